The monoisotopic (exact) mass is 196 g/mol. The molecule has 1 aromatic carbocycles. The molecule has 2 nitrogen and oxygen atoms in total. The van der Waals surface area contributed by atoms with Gasteiger partial charge in [-0.25, -0.2) is 4.79 Å². The van der Waals surface area contributed by atoms with E-state index in [4.69, 9.17) is 5.11 Å². The number of rotatable bonds is 2. The second kappa shape index (κ2) is 7.43. The molecule has 1 N–H and O–H groups in total. The average molecular weight is 196 g/mol. The second-order valence-electron chi connectivity index (χ2n) is 2.14. The standard InChI is InChI=1S/C7H6O2.C3H6S/c8-7(9)6-4-2-1-3-5-6;1-2-3-4/h1-5H,(H,8,9);2,4H,1,3H2. The number of hydrogen-bond donors (Lipinski definition) is 2. The van der Waals surface area contributed by atoms with Crippen LogP contribution in [-0.2, 0) is 0 Å². The van der Waals surface area contributed by atoms with Gasteiger partial charge in [0.25, 0.3) is 0 Å². The number of hydrogen-bond acceptors (Lipinski definition) is 2. The highest BCUT2D eigenvalue weighted by molar-refractivity contribution is 7.80. The predicted octanol–water partition coefficient (Wildman–Crippen LogP) is 2.49. The Morgan fingerprint density at radius 1 is 1.46 bits per heavy atom. The Labute approximate surface area is 83.3 Å². The van der Waals surface area contributed by atoms with Crippen LogP contribution in [0, 0.1) is 0 Å². The molecule has 1 aromatic rings. The minimum absolute atomic E-state index is 0.331. The van der Waals surface area contributed by atoms with E-state index in [1.807, 2.05) is 0 Å². The summed E-state index contributed by atoms with van der Waals surface area (Å²) in [5, 5.41) is 8.38. The molecule has 0 heterocycles. The van der Waals surface area contributed by atoms with E-state index in [-0.39, 0.29) is 0 Å². The summed E-state index contributed by atoms with van der Waals surface area (Å²) >= 11 is 3.80. The summed E-state index contributed by atoms with van der Waals surface area (Å²) < 4.78 is 0. The van der Waals surface area contributed by atoms with Crippen LogP contribution in [-0.4, -0.2) is 16.8 Å². The Morgan fingerprint density at radius 3 is 2.15 bits per heavy atom. The fourth-order valence-electron chi connectivity index (χ4n) is 0.581. The van der Waals surface area contributed by atoms with Crippen LogP contribution in [0.1, 0.15) is 10.4 Å². The smallest absolute Gasteiger partial charge is 0.335 e. The van der Waals surface area contributed by atoms with Crippen molar-refractivity contribution in [3.63, 3.8) is 0 Å². The van der Waals surface area contributed by atoms with Gasteiger partial charge in [-0.1, -0.05) is 24.3 Å². The topological polar surface area (TPSA) is 37.3 Å². The SMILES string of the molecule is C=CCS.O=C(O)c1ccccc1. The molecule has 0 unspecified atom stereocenters. The molecular formula is C10H12O2S. The number of thiol groups is 1. The maximum Gasteiger partial charge on any atom is 0.335 e. The summed E-state index contributed by atoms with van der Waals surface area (Å²) in [6.45, 7) is 3.40. The van der Waals surface area contributed by atoms with Gasteiger partial charge in [-0.05, 0) is 12.1 Å². The van der Waals surface area contributed by atoms with Gasteiger partial charge < -0.3 is 5.11 Å². The van der Waals surface area contributed by atoms with E-state index in [1.165, 1.54) is 0 Å². The van der Waals surface area contributed by atoms with Crippen molar-refractivity contribution in [3.8, 4) is 0 Å². The minimum Gasteiger partial charge on any atom is -0.478 e. The molecule has 70 valence electrons. The molecule has 0 bridgehead atoms. The first-order valence-corrected chi connectivity index (χ1v) is 4.35. The van der Waals surface area contributed by atoms with Gasteiger partial charge in [0.2, 0.25) is 0 Å². The van der Waals surface area contributed by atoms with E-state index >= 15 is 0 Å². The molecule has 0 fully saturated rings. The molecule has 0 radical (unpaired) electrons. The summed E-state index contributed by atoms with van der Waals surface area (Å²) in [5.41, 5.74) is 0.331. The largest absolute Gasteiger partial charge is 0.478 e. The number of carbonyl (C=O) groups is 1. The van der Waals surface area contributed by atoms with E-state index in [0.29, 0.717) is 5.56 Å². The van der Waals surface area contributed by atoms with Crippen LogP contribution in [0.5, 0.6) is 0 Å². The third-order valence-corrected chi connectivity index (χ3v) is 1.41. The van der Waals surface area contributed by atoms with E-state index < -0.39 is 5.97 Å². The highest BCUT2D eigenvalue weighted by Gasteiger charge is 1.96. The molecule has 0 spiro atoms. The quantitative estimate of drug-likeness (QED) is 0.563. The Kier molecular flexibility index (Phi) is 6.73. The maximum atomic E-state index is 10.2. The first-order valence-electron chi connectivity index (χ1n) is 3.72. The zero-order chi connectivity index (χ0) is 10.1. The van der Waals surface area contributed by atoms with Crippen molar-refractivity contribution in [2.24, 2.45) is 0 Å². The molecule has 13 heavy (non-hydrogen) atoms. The molecular weight excluding hydrogens is 184 g/mol. The van der Waals surface area contributed by atoms with Gasteiger partial charge in [0.15, 0.2) is 0 Å². The van der Waals surface area contributed by atoms with Crippen molar-refractivity contribution in [3.05, 3.63) is 48.6 Å². The van der Waals surface area contributed by atoms with Gasteiger partial charge in [0, 0.05) is 5.75 Å². The van der Waals surface area contributed by atoms with E-state index in [9.17, 15) is 4.79 Å². The normalized spacial score (nSPS) is 8.08. The van der Waals surface area contributed by atoms with Crippen molar-refractivity contribution in [1.82, 2.24) is 0 Å². The van der Waals surface area contributed by atoms with Crippen LogP contribution in [0.2, 0.25) is 0 Å². The Bertz CT molecular complexity index is 257. The zero-order valence-electron chi connectivity index (χ0n) is 7.18. The van der Waals surface area contributed by atoms with Crippen LogP contribution in [0.15, 0.2) is 43.0 Å². The lowest BCUT2D eigenvalue weighted by Crippen LogP contribution is -1.93. The lowest BCUT2D eigenvalue weighted by atomic mass is 10.2. The summed E-state index contributed by atoms with van der Waals surface area (Å²) in [6.07, 6.45) is 1.74. The molecule has 0 aromatic heterocycles. The predicted molar refractivity (Wildman–Crippen MR) is 57.5 cm³/mol. The van der Waals surface area contributed by atoms with E-state index in [1.54, 1.807) is 36.4 Å². The van der Waals surface area contributed by atoms with Crippen molar-refractivity contribution >= 4 is 18.6 Å². The van der Waals surface area contributed by atoms with Crippen molar-refractivity contribution in [1.29, 1.82) is 0 Å². The molecule has 1 rings (SSSR count). The minimum atomic E-state index is -0.879. The second-order valence-corrected chi connectivity index (χ2v) is 2.51. The Morgan fingerprint density at radius 2 is 1.92 bits per heavy atom. The van der Waals surface area contributed by atoms with E-state index in [0.717, 1.165) is 5.75 Å². The summed E-state index contributed by atoms with van der Waals surface area (Å²) in [4.78, 5) is 10.2. The molecule has 0 aliphatic carbocycles. The summed E-state index contributed by atoms with van der Waals surface area (Å²) in [6, 6.07) is 8.30. The molecule has 0 saturated carbocycles. The highest BCUT2D eigenvalue weighted by Crippen LogP contribution is 1.96. The molecule has 0 atom stereocenters. The fraction of sp³-hybridized carbons (Fsp3) is 0.100. The lowest BCUT2D eigenvalue weighted by Gasteiger charge is -1.88. The molecule has 0 saturated heterocycles. The average Bonchev–Trinajstić information content (AvgIpc) is 2.19. The molecule has 3 heteroatoms. The van der Waals surface area contributed by atoms with Gasteiger partial charge in [-0.15, -0.1) is 6.58 Å². The summed E-state index contributed by atoms with van der Waals surface area (Å²) in [7, 11) is 0. The molecule has 0 aliphatic heterocycles. The van der Waals surface area contributed by atoms with Gasteiger partial charge in [0.05, 0.1) is 5.56 Å². The number of carboxylic acids is 1. The maximum absolute atomic E-state index is 10.2. The van der Waals surface area contributed by atoms with E-state index in [2.05, 4.69) is 19.2 Å². The number of aromatic carboxylic acids is 1. The third kappa shape index (κ3) is 5.99. The lowest BCUT2D eigenvalue weighted by molar-refractivity contribution is 0.0697. The van der Waals surface area contributed by atoms with Crippen LogP contribution in [0.25, 0.3) is 0 Å². The van der Waals surface area contributed by atoms with Gasteiger partial charge in [-0.3, -0.25) is 0 Å². The van der Waals surface area contributed by atoms with Crippen LogP contribution >= 0.6 is 12.6 Å². The van der Waals surface area contributed by atoms with Crippen LogP contribution in [0.4, 0.5) is 0 Å². The first kappa shape index (κ1) is 11.8. The Hall–Kier alpha value is -1.22. The van der Waals surface area contributed by atoms with Gasteiger partial charge >= 0.3 is 5.97 Å². The Balaban J connectivity index is 0.000000310. The summed E-state index contributed by atoms with van der Waals surface area (Å²) in [5.74, 6) is -0.101. The first-order chi connectivity index (χ1) is 6.22. The van der Waals surface area contributed by atoms with Crippen LogP contribution < -0.4 is 0 Å². The number of benzene rings is 1. The highest BCUT2D eigenvalue weighted by atomic mass is 32.1. The van der Waals surface area contributed by atoms with Crippen molar-refractivity contribution in [2.75, 3.05) is 5.75 Å². The van der Waals surface area contributed by atoms with Gasteiger partial charge in [-0.2, -0.15) is 12.6 Å². The molecule has 0 aliphatic rings. The van der Waals surface area contributed by atoms with Crippen molar-refractivity contribution in [2.45, 2.75) is 0 Å². The molecule has 0 amide bonds. The fourth-order valence-corrected chi connectivity index (χ4v) is 0.581. The van der Waals surface area contributed by atoms with Crippen molar-refractivity contribution < 1.29 is 9.90 Å². The number of carboxylic acid groups (broad SMARTS) is 1. The third-order valence-electron chi connectivity index (χ3n) is 1.15. The zero-order valence-corrected chi connectivity index (χ0v) is 8.08. The van der Waals surface area contributed by atoms with Crippen LogP contribution in [0.3, 0.4) is 0 Å². The van der Waals surface area contributed by atoms with Gasteiger partial charge in [0.1, 0.15) is 0 Å².